The van der Waals surface area contributed by atoms with Crippen LogP contribution in [-0.2, 0) is 32.6 Å². The summed E-state index contributed by atoms with van der Waals surface area (Å²) >= 11 is 6.39. The van der Waals surface area contributed by atoms with Gasteiger partial charge in [0.2, 0.25) is 11.8 Å². The van der Waals surface area contributed by atoms with Gasteiger partial charge in [0.05, 0.1) is 31.9 Å². The summed E-state index contributed by atoms with van der Waals surface area (Å²) < 4.78 is 46.3. The van der Waals surface area contributed by atoms with Crippen LogP contribution in [0.25, 0.3) is 0 Å². The van der Waals surface area contributed by atoms with Gasteiger partial charge in [0, 0.05) is 29.6 Å². The maximum absolute atomic E-state index is 14.7. The molecule has 0 spiro atoms. The minimum atomic E-state index is -4.49. The van der Waals surface area contributed by atoms with Crippen LogP contribution in [0.5, 0.6) is 17.2 Å². The zero-order valence-electron chi connectivity index (χ0n) is 28.5. The van der Waals surface area contributed by atoms with Gasteiger partial charge in [-0.2, -0.15) is 0 Å². The molecule has 0 saturated heterocycles. The highest BCUT2D eigenvalue weighted by Gasteiger charge is 2.37. The Kier molecular flexibility index (Phi) is 12.2. The fraction of sp³-hybridized carbons (Fsp3) is 0.297. The van der Waals surface area contributed by atoms with Crippen molar-refractivity contribution < 1.29 is 32.2 Å². The lowest BCUT2D eigenvalue weighted by atomic mass is 10.0. The second kappa shape index (κ2) is 16.1. The Bertz CT molecular complexity index is 1850. The molecule has 0 fully saturated rings. The summed E-state index contributed by atoms with van der Waals surface area (Å²) in [7, 11) is -0.255. The summed E-state index contributed by atoms with van der Waals surface area (Å²) in [4.78, 5) is 30.1. The van der Waals surface area contributed by atoms with E-state index in [4.69, 9.17) is 25.8 Å². The van der Waals surface area contributed by atoms with Gasteiger partial charge in [-0.1, -0.05) is 72.3 Å². The van der Waals surface area contributed by atoms with Crippen molar-refractivity contribution in [2.45, 2.75) is 50.2 Å². The number of nitrogens with zero attached hydrogens (tertiary/aromatic N) is 2. The zero-order chi connectivity index (χ0) is 35.8. The molecule has 0 radical (unpaired) electrons. The predicted octanol–water partition coefficient (Wildman–Crippen LogP) is 6.12. The van der Waals surface area contributed by atoms with Crippen LogP contribution in [0.2, 0.25) is 5.02 Å². The molecule has 0 aliphatic rings. The van der Waals surface area contributed by atoms with Crippen LogP contribution in [0, 0.1) is 0 Å². The van der Waals surface area contributed by atoms with E-state index in [0.29, 0.717) is 5.75 Å². The Hall–Kier alpha value is -4.74. The molecular weight excluding hydrogens is 666 g/mol. The monoisotopic (exact) mass is 707 g/mol. The Morgan fingerprint density at radius 3 is 1.92 bits per heavy atom. The molecule has 12 heteroatoms. The SMILES string of the molecule is COc1ccc(S(=O)(=O)N(CC(=O)N(Cc2ccccc2)[C@H](Cc2ccccc2)C(=O)NC(C)(C)C)c2cc(Cl)ccc2OC)cc1OC. The average Bonchev–Trinajstić information content (AvgIpc) is 3.08. The van der Waals surface area contributed by atoms with Crippen LogP contribution in [0.4, 0.5) is 5.69 Å². The molecule has 2 amide bonds. The minimum Gasteiger partial charge on any atom is -0.495 e. The van der Waals surface area contributed by atoms with Crippen LogP contribution < -0.4 is 23.8 Å². The van der Waals surface area contributed by atoms with E-state index in [9.17, 15) is 18.0 Å². The minimum absolute atomic E-state index is 0.0334. The fourth-order valence-electron chi connectivity index (χ4n) is 5.26. The molecule has 4 rings (SSSR count). The molecular formula is C37H42ClN3O7S. The standard InChI is InChI=1S/C37H42ClN3O7S/c1-37(2,3)39-36(43)31(21-26-13-9-7-10-14-26)40(24-27-15-11-8-12-16-27)35(42)25-41(30-22-28(38)17-19-32(30)46-4)49(44,45)29-18-20-33(47-5)34(23-29)48-6/h7-20,22-23,31H,21,24-25H2,1-6H3,(H,39,43)/t31-/m1/s1. The first-order valence-corrected chi connectivity index (χ1v) is 17.4. The maximum atomic E-state index is 14.7. The molecule has 1 atom stereocenters. The van der Waals surface area contributed by atoms with Crippen molar-refractivity contribution in [2.24, 2.45) is 0 Å². The molecule has 10 nitrogen and oxygen atoms in total. The normalized spacial score (nSPS) is 12.1. The topological polar surface area (TPSA) is 114 Å². The number of hydrogen-bond donors (Lipinski definition) is 1. The Labute approximate surface area is 293 Å². The number of halogens is 1. The van der Waals surface area contributed by atoms with Crippen molar-refractivity contribution in [3.8, 4) is 17.2 Å². The number of nitrogens with one attached hydrogen (secondary N) is 1. The number of rotatable bonds is 14. The van der Waals surface area contributed by atoms with Crippen molar-refractivity contribution in [1.29, 1.82) is 0 Å². The van der Waals surface area contributed by atoms with E-state index in [1.807, 2.05) is 81.4 Å². The van der Waals surface area contributed by atoms with Crippen molar-refractivity contribution in [3.05, 3.63) is 113 Å². The van der Waals surface area contributed by atoms with Crippen LogP contribution in [0.1, 0.15) is 31.9 Å². The van der Waals surface area contributed by atoms with Gasteiger partial charge in [0.15, 0.2) is 11.5 Å². The molecule has 0 heterocycles. The van der Waals surface area contributed by atoms with Crippen molar-refractivity contribution in [3.63, 3.8) is 0 Å². The lowest BCUT2D eigenvalue weighted by Gasteiger charge is -2.35. The van der Waals surface area contributed by atoms with Gasteiger partial charge in [-0.15, -0.1) is 0 Å². The largest absolute Gasteiger partial charge is 0.495 e. The Morgan fingerprint density at radius 1 is 0.776 bits per heavy atom. The third-order valence-corrected chi connectivity index (χ3v) is 9.59. The Morgan fingerprint density at radius 2 is 1.35 bits per heavy atom. The highest BCUT2D eigenvalue weighted by molar-refractivity contribution is 7.92. The second-order valence-electron chi connectivity index (χ2n) is 12.3. The Balaban J connectivity index is 1.88. The van der Waals surface area contributed by atoms with Crippen LogP contribution >= 0.6 is 11.6 Å². The van der Waals surface area contributed by atoms with Crippen molar-refractivity contribution in [1.82, 2.24) is 10.2 Å². The number of sulfonamides is 1. The van der Waals surface area contributed by atoms with Crippen LogP contribution in [-0.4, -0.2) is 64.6 Å². The van der Waals surface area contributed by atoms with Gasteiger partial charge in [-0.3, -0.25) is 13.9 Å². The molecule has 0 aliphatic carbocycles. The molecule has 49 heavy (non-hydrogen) atoms. The molecule has 0 unspecified atom stereocenters. The summed E-state index contributed by atoms with van der Waals surface area (Å²) in [6.45, 7) is 4.92. The number of hydrogen-bond acceptors (Lipinski definition) is 7. The first-order valence-electron chi connectivity index (χ1n) is 15.5. The molecule has 260 valence electrons. The van der Waals surface area contributed by atoms with E-state index in [2.05, 4.69) is 5.32 Å². The smallest absolute Gasteiger partial charge is 0.265 e. The predicted molar refractivity (Wildman–Crippen MR) is 191 cm³/mol. The third kappa shape index (κ3) is 9.45. The highest BCUT2D eigenvalue weighted by atomic mass is 35.5. The molecule has 0 aliphatic heterocycles. The first kappa shape index (κ1) is 37.1. The molecule has 0 saturated carbocycles. The van der Waals surface area contributed by atoms with Crippen LogP contribution in [0.15, 0.2) is 102 Å². The number of benzene rings is 4. The number of carbonyl (C=O) groups excluding carboxylic acids is 2. The summed E-state index contributed by atoms with van der Waals surface area (Å²) in [6, 6.07) is 26.2. The number of anilines is 1. The van der Waals surface area contributed by atoms with Gasteiger partial charge in [-0.05, 0) is 62.2 Å². The highest BCUT2D eigenvalue weighted by Crippen LogP contribution is 2.37. The maximum Gasteiger partial charge on any atom is 0.265 e. The second-order valence-corrected chi connectivity index (χ2v) is 14.6. The van der Waals surface area contributed by atoms with Gasteiger partial charge in [-0.25, -0.2) is 8.42 Å². The third-order valence-electron chi connectivity index (χ3n) is 7.60. The van der Waals surface area contributed by atoms with Gasteiger partial charge in [0.1, 0.15) is 18.3 Å². The van der Waals surface area contributed by atoms with E-state index < -0.39 is 34.1 Å². The zero-order valence-corrected chi connectivity index (χ0v) is 30.0. The molecule has 4 aromatic rings. The average molecular weight is 708 g/mol. The van der Waals surface area contributed by atoms with Crippen molar-refractivity contribution >= 4 is 39.1 Å². The lowest BCUT2D eigenvalue weighted by molar-refractivity contribution is -0.140. The molecule has 0 bridgehead atoms. The van der Waals surface area contributed by atoms with Gasteiger partial charge in [0.25, 0.3) is 10.0 Å². The summed E-state index contributed by atoms with van der Waals surface area (Å²) in [6.07, 6.45) is 0.185. The summed E-state index contributed by atoms with van der Waals surface area (Å²) in [5.74, 6) is -0.329. The van der Waals surface area contributed by atoms with E-state index >= 15 is 0 Å². The van der Waals surface area contributed by atoms with E-state index in [0.717, 1.165) is 15.4 Å². The molecule has 1 N–H and O–H groups in total. The number of carbonyl (C=O) groups is 2. The first-order chi connectivity index (χ1) is 23.3. The molecule has 4 aromatic carbocycles. The summed E-state index contributed by atoms with van der Waals surface area (Å²) in [5, 5.41) is 3.25. The van der Waals surface area contributed by atoms with E-state index in [-0.39, 0.29) is 46.0 Å². The quantitative estimate of drug-likeness (QED) is 0.168. The van der Waals surface area contributed by atoms with Gasteiger partial charge < -0.3 is 24.4 Å². The van der Waals surface area contributed by atoms with Crippen molar-refractivity contribution in [2.75, 3.05) is 32.2 Å². The molecule has 0 aromatic heterocycles. The summed E-state index contributed by atoms with van der Waals surface area (Å²) in [5.41, 5.74) is 1.02. The number of methoxy groups -OCH3 is 3. The number of ether oxygens (including phenoxy) is 3. The van der Waals surface area contributed by atoms with Gasteiger partial charge >= 0.3 is 0 Å². The fourth-order valence-corrected chi connectivity index (χ4v) is 6.86. The van der Waals surface area contributed by atoms with E-state index in [1.54, 1.807) is 6.07 Å². The number of amides is 2. The van der Waals surface area contributed by atoms with E-state index in [1.165, 1.54) is 56.6 Å². The lowest BCUT2D eigenvalue weighted by Crippen LogP contribution is -2.56. The van der Waals surface area contributed by atoms with Crippen LogP contribution in [0.3, 0.4) is 0 Å².